The van der Waals surface area contributed by atoms with E-state index in [2.05, 4.69) is 42.3 Å². The van der Waals surface area contributed by atoms with Gasteiger partial charge in [0.2, 0.25) is 0 Å². The molecule has 0 radical (unpaired) electrons. The Morgan fingerprint density at radius 3 is 3.15 bits per heavy atom. The largest absolute Gasteiger partial charge is 0.493 e. The second kappa shape index (κ2) is 5.74. The predicted molar refractivity (Wildman–Crippen MR) is 82.5 cm³/mol. The number of nitrogens with zero attached hydrogens (tertiary/aromatic N) is 1. The average Bonchev–Trinajstić information content (AvgIpc) is 2.94. The first-order chi connectivity index (χ1) is 9.71. The zero-order chi connectivity index (χ0) is 14.0. The van der Waals surface area contributed by atoms with Gasteiger partial charge in [-0.15, -0.1) is 0 Å². The Hall–Kier alpha value is -1.06. The van der Waals surface area contributed by atoms with Crippen molar-refractivity contribution in [3.8, 4) is 5.75 Å². The molecule has 0 amide bonds. The number of fused-ring (bicyclic) bond motifs is 1. The third-order valence-corrected chi connectivity index (χ3v) is 5.01. The van der Waals surface area contributed by atoms with Crippen molar-refractivity contribution in [2.75, 3.05) is 32.8 Å². The minimum Gasteiger partial charge on any atom is -0.493 e. The van der Waals surface area contributed by atoms with Crippen molar-refractivity contribution in [1.29, 1.82) is 0 Å². The van der Waals surface area contributed by atoms with E-state index in [4.69, 9.17) is 4.74 Å². The number of nitrogens with one attached hydrogen (secondary N) is 1. The standard InChI is InChI=1S/C17H26N2O/c1-3-17(2)13-18-8-10-19(17)9-6-14-4-5-16-15(12-14)7-11-20-16/h4-5,12,18H,3,6-11,13H2,1-2H3. The molecule has 3 nitrogen and oxygen atoms in total. The lowest BCUT2D eigenvalue weighted by molar-refractivity contribution is 0.0727. The molecule has 0 aromatic heterocycles. The number of piperazine rings is 1. The SMILES string of the molecule is CCC1(C)CNCCN1CCc1ccc2c(c1)CCO2. The molecule has 0 spiro atoms. The number of hydrogen-bond acceptors (Lipinski definition) is 3. The van der Waals surface area contributed by atoms with Crippen LogP contribution in [0.2, 0.25) is 0 Å². The summed E-state index contributed by atoms with van der Waals surface area (Å²) in [6.45, 7) is 10.1. The molecule has 1 saturated heterocycles. The third-order valence-electron chi connectivity index (χ3n) is 5.01. The summed E-state index contributed by atoms with van der Waals surface area (Å²) in [7, 11) is 0. The second-order valence-electron chi connectivity index (χ2n) is 6.30. The molecule has 2 heterocycles. The van der Waals surface area contributed by atoms with E-state index in [0.29, 0.717) is 5.54 Å². The molecular formula is C17H26N2O. The molecule has 0 saturated carbocycles. The van der Waals surface area contributed by atoms with Gasteiger partial charge in [0, 0.05) is 38.1 Å². The zero-order valence-electron chi connectivity index (χ0n) is 12.7. The van der Waals surface area contributed by atoms with Gasteiger partial charge in [-0.3, -0.25) is 4.90 Å². The molecule has 0 aliphatic carbocycles. The van der Waals surface area contributed by atoms with E-state index in [1.807, 2.05) is 0 Å². The maximum absolute atomic E-state index is 5.58. The first-order valence-corrected chi connectivity index (χ1v) is 7.92. The Labute approximate surface area is 122 Å². The first-order valence-electron chi connectivity index (χ1n) is 7.92. The highest BCUT2D eigenvalue weighted by atomic mass is 16.5. The van der Waals surface area contributed by atoms with Gasteiger partial charge in [-0.25, -0.2) is 0 Å². The van der Waals surface area contributed by atoms with E-state index in [1.54, 1.807) is 0 Å². The van der Waals surface area contributed by atoms with Gasteiger partial charge in [0.25, 0.3) is 0 Å². The van der Waals surface area contributed by atoms with Crippen LogP contribution in [0.25, 0.3) is 0 Å². The van der Waals surface area contributed by atoms with Crippen LogP contribution in [-0.2, 0) is 12.8 Å². The quantitative estimate of drug-likeness (QED) is 0.911. The van der Waals surface area contributed by atoms with Gasteiger partial charge in [-0.1, -0.05) is 19.1 Å². The Bertz CT molecular complexity index is 474. The van der Waals surface area contributed by atoms with E-state index in [1.165, 1.54) is 24.1 Å². The molecule has 110 valence electrons. The van der Waals surface area contributed by atoms with Crippen LogP contribution in [0.15, 0.2) is 18.2 Å². The van der Waals surface area contributed by atoms with Gasteiger partial charge in [-0.2, -0.15) is 0 Å². The smallest absolute Gasteiger partial charge is 0.122 e. The van der Waals surface area contributed by atoms with Crippen LogP contribution < -0.4 is 10.1 Å². The Morgan fingerprint density at radius 2 is 2.30 bits per heavy atom. The summed E-state index contributed by atoms with van der Waals surface area (Å²) in [5.74, 6) is 1.09. The Morgan fingerprint density at radius 1 is 1.40 bits per heavy atom. The molecule has 3 rings (SSSR count). The maximum Gasteiger partial charge on any atom is 0.122 e. The van der Waals surface area contributed by atoms with Crippen molar-refractivity contribution >= 4 is 0 Å². The first kappa shape index (κ1) is 13.9. The minimum atomic E-state index is 0.318. The van der Waals surface area contributed by atoms with Crippen LogP contribution in [0, 0.1) is 0 Å². The lowest BCUT2D eigenvalue weighted by atomic mass is 9.93. The van der Waals surface area contributed by atoms with E-state index in [-0.39, 0.29) is 0 Å². The van der Waals surface area contributed by atoms with Gasteiger partial charge in [-0.05, 0) is 37.0 Å². The summed E-state index contributed by atoms with van der Waals surface area (Å²) in [5.41, 5.74) is 3.16. The summed E-state index contributed by atoms with van der Waals surface area (Å²) >= 11 is 0. The van der Waals surface area contributed by atoms with E-state index in [9.17, 15) is 0 Å². The molecule has 2 aliphatic heterocycles. The number of ether oxygens (including phenoxy) is 1. The number of hydrogen-bond donors (Lipinski definition) is 1. The molecule has 20 heavy (non-hydrogen) atoms. The van der Waals surface area contributed by atoms with Crippen molar-refractivity contribution in [2.45, 2.75) is 38.6 Å². The average molecular weight is 274 g/mol. The third kappa shape index (κ3) is 2.70. The van der Waals surface area contributed by atoms with Crippen molar-refractivity contribution in [3.05, 3.63) is 29.3 Å². The minimum absolute atomic E-state index is 0.318. The Balaban J connectivity index is 1.63. The van der Waals surface area contributed by atoms with Gasteiger partial charge in [0.1, 0.15) is 5.75 Å². The van der Waals surface area contributed by atoms with Crippen LogP contribution in [0.5, 0.6) is 5.75 Å². The van der Waals surface area contributed by atoms with Crippen molar-refractivity contribution in [2.24, 2.45) is 0 Å². The normalized spacial score (nSPS) is 26.3. The molecule has 1 N–H and O–H groups in total. The van der Waals surface area contributed by atoms with Gasteiger partial charge >= 0.3 is 0 Å². The second-order valence-corrected chi connectivity index (χ2v) is 6.30. The molecule has 0 bridgehead atoms. The zero-order valence-corrected chi connectivity index (χ0v) is 12.7. The number of rotatable bonds is 4. The van der Waals surface area contributed by atoms with Crippen molar-refractivity contribution in [3.63, 3.8) is 0 Å². The Kier molecular flexibility index (Phi) is 3.99. The molecular weight excluding hydrogens is 248 g/mol. The van der Waals surface area contributed by atoms with Gasteiger partial charge in [0.05, 0.1) is 6.61 Å². The molecule has 2 aliphatic rings. The maximum atomic E-state index is 5.58. The van der Waals surface area contributed by atoms with Crippen LogP contribution in [0.4, 0.5) is 0 Å². The van der Waals surface area contributed by atoms with E-state index >= 15 is 0 Å². The highest BCUT2D eigenvalue weighted by Crippen LogP contribution is 2.27. The van der Waals surface area contributed by atoms with Crippen LogP contribution in [0.3, 0.4) is 0 Å². The molecule has 3 heteroatoms. The van der Waals surface area contributed by atoms with Crippen LogP contribution in [0.1, 0.15) is 31.4 Å². The summed E-state index contributed by atoms with van der Waals surface area (Å²) in [6.07, 6.45) is 3.42. The molecule has 1 unspecified atom stereocenters. The molecule has 1 atom stereocenters. The fourth-order valence-corrected chi connectivity index (χ4v) is 3.34. The van der Waals surface area contributed by atoms with Crippen molar-refractivity contribution in [1.82, 2.24) is 10.2 Å². The van der Waals surface area contributed by atoms with E-state index < -0.39 is 0 Å². The fourth-order valence-electron chi connectivity index (χ4n) is 3.34. The monoisotopic (exact) mass is 274 g/mol. The van der Waals surface area contributed by atoms with Gasteiger partial charge < -0.3 is 10.1 Å². The number of benzene rings is 1. The molecule has 1 aromatic carbocycles. The topological polar surface area (TPSA) is 24.5 Å². The highest BCUT2D eigenvalue weighted by molar-refractivity contribution is 5.39. The van der Waals surface area contributed by atoms with Crippen LogP contribution in [-0.4, -0.2) is 43.2 Å². The fraction of sp³-hybridized carbons (Fsp3) is 0.647. The van der Waals surface area contributed by atoms with Crippen molar-refractivity contribution < 1.29 is 4.74 Å². The summed E-state index contributed by atoms with van der Waals surface area (Å²) in [4.78, 5) is 2.66. The highest BCUT2D eigenvalue weighted by Gasteiger charge is 2.31. The molecule has 1 aromatic rings. The summed E-state index contributed by atoms with van der Waals surface area (Å²) < 4.78 is 5.58. The van der Waals surface area contributed by atoms with Gasteiger partial charge in [0.15, 0.2) is 0 Å². The predicted octanol–water partition coefficient (Wildman–Crippen LogP) is 2.24. The van der Waals surface area contributed by atoms with E-state index in [0.717, 1.165) is 44.8 Å². The lowest BCUT2D eigenvalue weighted by Gasteiger charge is -2.45. The summed E-state index contributed by atoms with van der Waals surface area (Å²) in [6, 6.07) is 6.72. The summed E-state index contributed by atoms with van der Waals surface area (Å²) in [5, 5.41) is 3.53. The lowest BCUT2D eigenvalue weighted by Crippen LogP contribution is -2.59. The van der Waals surface area contributed by atoms with Crippen LogP contribution >= 0.6 is 0 Å². The molecule has 1 fully saturated rings.